The third-order valence-electron chi connectivity index (χ3n) is 5.84. The molecule has 0 saturated heterocycles. The number of carboxylic acid groups (broad SMARTS) is 1. The highest BCUT2D eigenvalue weighted by Crippen LogP contribution is 2.16. The zero-order valence-corrected chi connectivity index (χ0v) is 25.7. The molecule has 0 atom stereocenters. The maximum atomic E-state index is 12.9. The van der Waals surface area contributed by atoms with Crippen LogP contribution in [0.2, 0.25) is 0 Å². The number of anilines is 3. The first-order valence-corrected chi connectivity index (χ1v) is 13.6. The minimum absolute atomic E-state index is 0.0126. The first kappa shape index (κ1) is 33.8. The number of nitrogens with zero attached hydrogens (tertiary/aromatic N) is 5. The molecule has 0 aromatic carbocycles. The molecule has 3 rings (SSSR count). The van der Waals surface area contributed by atoms with Gasteiger partial charge in [-0.3, -0.25) is 19.2 Å². The van der Waals surface area contributed by atoms with Crippen LogP contribution in [-0.4, -0.2) is 83.2 Å². The number of ether oxygens (including phenoxy) is 1. The third-order valence-corrected chi connectivity index (χ3v) is 5.84. The van der Waals surface area contributed by atoms with Crippen molar-refractivity contribution in [3.05, 3.63) is 42.0 Å². The molecule has 0 unspecified atom stereocenters. The molecule has 3 heterocycles. The predicted octanol–water partition coefficient (Wildman–Crippen LogP) is 1.05. The summed E-state index contributed by atoms with van der Waals surface area (Å²) in [6, 6.07) is 1.44. The Kier molecular flexibility index (Phi) is 10.7. The number of hydrogen-bond donors (Lipinski definition) is 6. The van der Waals surface area contributed by atoms with Gasteiger partial charge in [0.05, 0.1) is 5.69 Å². The van der Waals surface area contributed by atoms with Crippen molar-refractivity contribution in [3.8, 4) is 0 Å². The fourth-order valence-electron chi connectivity index (χ4n) is 3.89. The van der Waals surface area contributed by atoms with E-state index < -0.39 is 41.3 Å². The van der Waals surface area contributed by atoms with Gasteiger partial charge in [-0.2, -0.15) is 0 Å². The van der Waals surface area contributed by atoms with Gasteiger partial charge >= 0.3 is 12.1 Å². The first-order valence-electron chi connectivity index (χ1n) is 13.6. The van der Waals surface area contributed by atoms with Crippen LogP contribution in [0.5, 0.6) is 0 Å². The van der Waals surface area contributed by atoms with Gasteiger partial charge in [0.2, 0.25) is 23.5 Å². The monoisotopic (exact) mass is 628 g/mol. The molecule has 0 aliphatic heterocycles. The van der Waals surface area contributed by atoms with Crippen LogP contribution >= 0.6 is 0 Å². The summed E-state index contributed by atoms with van der Waals surface area (Å²) in [5.41, 5.74) is -0.156. The number of carbonyl (C=O) groups excluding carboxylic acids is 5. The van der Waals surface area contributed by atoms with Crippen LogP contribution < -0.4 is 26.6 Å². The number of aromatic nitrogens is 5. The Morgan fingerprint density at radius 3 is 1.82 bits per heavy atom. The molecule has 3 aromatic heterocycles. The van der Waals surface area contributed by atoms with E-state index in [2.05, 4.69) is 36.6 Å². The Bertz CT molecular complexity index is 1610. The van der Waals surface area contributed by atoms with E-state index in [0.717, 1.165) is 0 Å². The van der Waals surface area contributed by atoms with Gasteiger partial charge in [0.1, 0.15) is 11.3 Å². The molecular weight excluding hydrogens is 592 g/mol. The normalized spacial score (nSPS) is 11.0. The second-order valence-corrected chi connectivity index (χ2v) is 10.9. The minimum atomic E-state index is -1.24. The Balaban J connectivity index is 1.48. The molecule has 0 spiro atoms. The standard InChI is InChI=1S/C27H36N10O8/c1-27(2,3)45-26(44)29-10-8-20(39)31-17-13-36(5)21(33-17)24(41)30-15-11-16(35(4)12-15)23(40)28-9-7-19(38)32-18-14-37(6)22(34-18)25(42)43/h11-14H,7-10H2,1-6H3,(H,28,40)(H,29,44)(H,30,41)(H,31,39)(H,32,38)(H,42,43). The van der Waals surface area contributed by atoms with E-state index in [-0.39, 0.29) is 54.9 Å². The van der Waals surface area contributed by atoms with Gasteiger partial charge in [0.25, 0.3) is 11.8 Å². The highest BCUT2D eigenvalue weighted by molar-refractivity contribution is 6.03. The highest BCUT2D eigenvalue weighted by Gasteiger charge is 2.20. The molecule has 5 amide bonds. The van der Waals surface area contributed by atoms with Crippen LogP contribution in [0.4, 0.5) is 22.1 Å². The number of rotatable bonds is 12. The minimum Gasteiger partial charge on any atom is -0.475 e. The van der Waals surface area contributed by atoms with E-state index in [1.807, 2.05) is 0 Å². The second-order valence-electron chi connectivity index (χ2n) is 10.9. The molecule has 0 saturated carbocycles. The predicted molar refractivity (Wildman–Crippen MR) is 160 cm³/mol. The van der Waals surface area contributed by atoms with E-state index >= 15 is 0 Å². The van der Waals surface area contributed by atoms with Crippen LogP contribution in [0, 0.1) is 0 Å². The van der Waals surface area contributed by atoms with Crippen molar-refractivity contribution in [1.29, 1.82) is 0 Å². The molecule has 0 aliphatic rings. The van der Waals surface area contributed by atoms with E-state index in [0.29, 0.717) is 5.69 Å². The molecule has 45 heavy (non-hydrogen) atoms. The zero-order chi connectivity index (χ0) is 33.5. The summed E-state index contributed by atoms with van der Waals surface area (Å²) in [6.07, 6.45) is 3.54. The third kappa shape index (κ3) is 9.94. The van der Waals surface area contributed by atoms with Gasteiger partial charge in [-0.1, -0.05) is 0 Å². The van der Waals surface area contributed by atoms with E-state index in [1.54, 1.807) is 34.9 Å². The molecule has 18 heteroatoms. The molecular formula is C27H36N10O8. The van der Waals surface area contributed by atoms with Gasteiger partial charge in [-0.15, -0.1) is 0 Å². The van der Waals surface area contributed by atoms with Gasteiger partial charge in [-0.05, 0) is 26.8 Å². The first-order chi connectivity index (χ1) is 21.0. The lowest BCUT2D eigenvalue weighted by molar-refractivity contribution is -0.117. The van der Waals surface area contributed by atoms with Crippen molar-refractivity contribution in [2.45, 2.75) is 39.2 Å². The molecule has 18 nitrogen and oxygen atoms in total. The van der Waals surface area contributed by atoms with Crippen molar-refractivity contribution in [2.75, 3.05) is 29.0 Å². The number of carbonyl (C=O) groups is 6. The molecule has 0 bridgehead atoms. The smallest absolute Gasteiger partial charge is 0.407 e. The van der Waals surface area contributed by atoms with Crippen LogP contribution in [0.1, 0.15) is 65.3 Å². The number of carboxylic acids is 1. The lowest BCUT2D eigenvalue weighted by Gasteiger charge is -2.19. The number of nitrogens with one attached hydrogen (secondary N) is 5. The summed E-state index contributed by atoms with van der Waals surface area (Å²) >= 11 is 0. The Morgan fingerprint density at radius 1 is 0.756 bits per heavy atom. The van der Waals surface area contributed by atoms with E-state index in [9.17, 15) is 28.8 Å². The number of amides is 5. The summed E-state index contributed by atoms with van der Waals surface area (Å²) < 4.78 is 9.27. The summed E-state index contributed by atoms with van der Waals surface area (Å²) in [7, 11) is 4.65. The zero-order valence-electron chi connectivity index (χ0n) is 25.7. The second kappa shape index (κ2) is 14.2. The van der Waals surface area contributed by atoms with Gasteiger partial charge in [0.15, 0.2) is 11.6 Å². The largest absolute Gasteiger partial charge is 0.475 e. The number of alkyl carbamates (subject to hydrolysis) is 1. The van der Waals surface area contributed by atoms with Crippen molar-refractivity contribution in [2.24, 2.45) is 21.1 Å². The van der Waals surface area contributed by atoms with Crippen LogP contribution in [0.25, 0.3) is 0 Å². The molecule has 0 aliphatic carbocycles. The Hall–Kier alpha value is -5.68. The quantitative estimate of drug-likeness (QED) is 0.167. The van der Waals surface area contributed by atoms with Crippen molar-refractivity contribution >= 4 is 53.0 Å². The Labute approximate surface area is 257 Å². The van der Waals surface area contributed by atoms with Gasteiger partial charge < -0.3 is 50.1 Å². The highest BCUT2D eigenvalue weighted by atomic mass is 16.6. The average molecular weight is 629 g/mol. The molecule has 0 radical (unpaired) electrons. The average Bonchev–Trinajstić information content (AvgIpc) is 3.58. The van der Waals surface area contributed by atoms with Crippen LogP contribution in [-0.2, 0) is 35.5 Å². The van der Waals surface area contributed by atoms with Gasteiger partial charge in [0, 0.05) is 65.7 Å². The van der Waals surface area contributed by atoms with E-state index in [1.165, 1.54) is 45.4 Å². The maximum absolute atomic E-state index is 12.9. The van der Waals surface area contributed by atoms with Crippen LogP contribution in [0.3, 0.4) is 0 Å². The summed E-state index contributed by atoms with van der Waals surface area (Å²) in [6.45, 7) is 5.19. The maximum Gasteiger partial charge on any atom is 0.407 e. The number of aryl methyl sites for hydroxylation is 3. The van der Waals surface area contributed by atoms with Crippen molar-refractivity contribution in [1.82, 2.24) is 34.3 Å². The van der Waals surface area contributed by atoms with Crippen molar-refractivity contribution < 1.29 is 38.6 Å². The van der Waals surface area contributed by atoms with Crippen molar-refractivity contribution in [3.63, 3.8) is 0 Å². The SMILES string of the molecule is Cn1cc(NC(=O)c2nc(NC(=O)CCNC(=O)OC(C)(C)C)cn2C)cc1C(=O)NCCC(=O)Nc1cn(C)c(C(=O)O)n1. The van der Waals surface area contributed by atoms with Gasteiger partial charge in [-0.25, -0.2) is 19.6 Å². The number of imidazole rings is 2. The molecule has 0 fully saturated rings. The fourth-order valence-corrected chi connectivity index (χ4v) is 3.89. The molecule has 242 valence electrons. The summed E-state index contributed by atoms with van der Waals surface area (Å²) in [4.78, 5) is 80.8. The van der Waals surface area contributed by atoms with E-state index in [4.69, 9.17) is 9.84 Å². The molecule has 6 N–H and O–H groups in total. The fraction of sp³-hybridized carbons (Fsp3) is 0.407. The topological polar surface area (TPSA) is 233 Å². The summed E-state index contributed by atoms with van der Waals surface area (Å²) in [5.74, 6) is -3.29. The lowest BCUT2D eigenvalue weighted by Crippen LogP contribution is -2.34. The lowest BCUT2D eigenvalue weighted by atomic mass is 10.2. The number of hydrogen-bond acceptors (Lipinski definition) is 9. The van der Waals surface area contributed by atoms with Crippen LogP contribution in [0.15, 0.2) is 24.7 Å². The molecule has 3 aromatic rings. The summed E-state index contributed by atoms with van der Waals surface area (Å²) in [5, 5.41) is 21.8. The number of aromatic carboxylic acids is 1. The Morgan fingerprint density at radius 2 is 1.29 bits per heavy atom.